The van der Waals surface area contributed by atoms with Gasteiger partial charge in [-0.15, -0.1) is 0 Å². The zero-order valence-electron chi connectivity index (χ0n) is 6.05. The number of amides is 1. The molecule has 0 saturated heterocycles. The van der Waals surface area contributed by atoms with Gasteiger partial charge in [0.2, 0.25) is 5.91 Å². The van der Waals surface area contributed by atoms with Crippen LogP contribution in [0.25, 0.3) is 0 Å². The predicted octanol–water partition coefficient (Wildman–Crippen LogP) is 1.00. The van der Waals surface area contributed by atoms with Crippen molar-refractivity contribution in [2.24, 2.45) is 5.73 Å². The Morgan fingerprint density at radius 1 is 1.42 bits per heavy atom. The molecule has 0 spiro atoms. The van der Waals surface area contributed by atoms with Crippen LogP contribution in [-0.4, -0.2) is 5.91 Å². The van der Waals surface area contributed by atoms with Gasteiger partial charge >= 0.3 is 0 Å². The van der Waals surface area contributed by atoms with Gasteiger partial charge in [-0.05, 0) is 6.07 Å². The Morgan fingerprint density at radius 3 is 2.67 bits per heavy atom. The second-order valence-corrected chi connectivity index (χ2v) is 2.19. The summed E-state index contributed by atoms with van der Waals surface area (Å²) in [6.45, 7) is 0. The van der Waals surface area contributed by atoms with Gasteiger partial charge in [0.25, 0.3) is 0 Å². The van der Waals surface area contributed by atoms with E-state index in [2.05, 4.69) is 0 Å². The number of halogens is 2. The van der Waals surface area contributed by atoms with Gasteiger partial charge in [-0.2, -0.15) is 0 Å². The number of hydrogen-bond acceptors (Lipinski definition) is 1. The fourth-order valence-electron chi connectivity index (χ4n) is 0.785. The minimum atomic E-state index is -1.06. The summed E-state index contributed by atoms with van der Waals surface area (Å²) in [4.78, 5) is 10.3. The standard InChI is InChI=1S/C8H6F2NO/c9-6-3-1-2-5(8(6)10)4-7(11)12/h1-4H,(H2,11,12). The summed E-state index contributed by atoms with van der Waals surface area (Å²) in [5.74, 6) is -2.86. The first-order valence-electron chi connectivity index (χ1n) is 3.19. The highest BCUT2D eigenvalue weighted by atomic mass is 19.2. The molecule has 2 nitrogen and oxygen atoms in total. The van der Waals surface area contributed by atoms with Crippen LogP contribution in [0, 0.1) is 18.1 Å². The summed E-state index contributed by atoms with van der Waals surface area (Å²) in [6, 6.07) is 3.53. The molecule has 0 fully saturated rings. The second kappa shape index (κ2) is 3.30. The minimum Gasteiger partial charge on any atom is -0.369 e. The lowest BCUT2D eigenvalue weighted by atomic mass is 10.1. The third-order valence-corrected chi connectivity index (χ3v) is 1.28. The van der Waals surface area contributed by atoms with Crippen molar-refractivity contribution in [1.82, 2.24) is 0 Å². The maximum Gasteiger partial charge on any atom is 0.226 e. The Labute approximate surface area is 68.0 Å². The number of hydrogen-bond donors (Lipinski definition) is 1. The van der Waals surface area contributed by atoms with Crippen LogP contribution < -0.4 is 5.73 Å². The molecule has 0 bridgehead atoms. The fraction of sp³-hybridized carbons (Fsp3) is 0. The highest BCUT2D eigenvalue weighted by Gasteiger charge is 2.09. The van der Waals surface area contributed by atoms with E-state index in [0.717, 1.165) is 12.5 Å². The summed E-state index contributed by atoms with van der Waals surface area (Å²) >= 11 is 0. The summed E-state index contributed by atoms with van der Waals surface area (Å²) in [6.07, 6.45) is 0.832. The van der Waals surface area contributed by atoms with Crippen LogP contribution in [0.3, 0.4) is 0 Å². The van der Waals surface area contributed by atoms with Crippen molar-refractivity contribution < 1.29 is 13.6 Å². The van der Waals surface area contributed by atoms with Crippen LogP contribution in [-0.2, 0) is 4.79 Å². The molecule has 1 aromatic carbocycles. The van der Waals surface area contributed by atoms with Crippen molar-refractivity contribution in [3.05, 3.63) is 41.8 Å². The SMILES string of the molecule is NC(=O)[CH]c1cccc(F)c1F. The smallest absolute Gasteiger partial charge is 0.226 e. The minimum absolute atomic E-state index is 0.137. The fourth-order valence-corrected chi connectivity index (χ4v) is 0.785. The maximum absolute atomic E-state index is 12.7. The van der Waals surface area contributed by atoms with Gasteiger partial charge in [0, 0.05) is 5.56 Å². The van der Waals surface area contributed by atoms with Crippen LogP contribution in [0.15, 0.2) is 18.2 Å². The lowest BCUT2D eigenvalue weighted by molar-refractivity contribution is -0.114. The third kappa shape index (κ3) is 1.78. The molecule has 1 amide bonds. The zero-order valence-corrected chi connectivity index (χ0v) is 6.05. The van der Waals surface area contributed by atoms with Crippen LogP contribution >= 0.6 is 0 Å². The molecular formula is C8H6F2NO. The second-order valence-electron chi connectivity index (χ2n) is 2.19. The molecule has 0 aliphatic rings. The van der Waals surface area contributed by atoms with Crippen molar-refractivity contribution >= 4 is 5.91 Å². The lowest BCUT2D eigenvalue weighted by Crippen LogP contribution is -2.12. The number of carbonyl (C=O) groups is 1. The highest BCUT2D eigenvalue weighted by Crippen LogP contribution is 2.12. The van der Waals surface area contributed by atoms with Crippen LogP contribution in [0.4, 0.5) is 8.78 Å². The molecule has 0 aromatic heterocycles. The first-order valence-corrected chi connectivity index (χ1v) is 3.19. The van der Waals surface area contributed by atoms with E-state index in [9.17, 15) is 13.6 Å². The van der Waals surface area contributed by atoms with Gasteiger partial charge in [-0.25, -0.2) is 8.78 Å². The van der Waals surface area contributed by atoms with Gasteiger partial charge in [0.1, 0.15) is 0 Å². The van der Waals surface area contributed by atoms with Gasteiger partial charge in [-0.3, -0.25) is 4.79 Å². The van der Waals surface area contributed by atoms with E-state index in [1.54, 1.807) is 0 Å². The third-order valence-electron chi connectivity index (χ3n) is 1.28. The molecule has 12 heavy (non-hydrogen) atoms. The number of carbonyl (C=O) groups excluding carboxylic acids is 1. The Morgan fingerprint density at radius 2 is 2.08 bits per heavy atom. The molecule has 0 unspecified atom stereocenters. The van der Waals surface area contributed by atoms with E-state index < -0.39 is 17.5 Å². The average Bonchev–Trinajstić information content (AvgIpc) is 1.98. The van der Waals surface area contributed by atoms with Crippen molar-refractivity contribution in [1.29, 1.82) is 0 Å². The Kier molecular flexibility index (Phi) is 2.38. The molecule has 1 radical (unpaired) electrons. The zero-order chi connectivity index (χ0) is 9.14. The Hall–Kier alpha value is -1.45. The van der Waals surface area contributed by atoms with E-state index in [0.29, 0.717) is 0 Å². The molecular weight excluding hydrogens is 164 g/mol. The molecule has 0 aliphatic heterocycles. The highest BCUT2D eigenvalue weighted by molar-refractivity contribution is 5.86. The van der Waals surface area contributed by atoms with E-state index in [-0.39, 0.29) is 5.56 Å². The normalized spacial score (nSPS) is 9.83. The van der Waals surface area contributed by atoms with Gasteiger partial charge in [0.05, 0.1) is 6.42 Å². The quantitative estimate of drug-likeness (QED) is 0.706. The summed E-state index contributed by atoms with van der Waals surface area (Å²) in [7, 11) is 0. The molecule has 0 saturated carbocycles. The molecule has 1 aromatic rings. The Balaban J connectivity index is 3.00. The van der Waals surface area contributed by atoms with Gasteiger partial charge in [0.15, 0.2) is 11.6 Å². The summed E-state index contributed by atoms with van der Waals surface area (Å²) in [5.41, 5.74) is 4.62. The monoisotopic (exact) mass is 170 g/mol. The van der Waals surface area contributed by atoms with Crippen LogP contribution in [0.5, 0.6) is 0 Å². The molecule has 2 N–H and O–H groups in total. The largest absolute Gasteiger partial charge is 0.369 e. The molecule has 0 atom stereocenters. The van der Waals surface area contributed by atoms with Gasteiger partial charge in [-0.1, -0.05) is 12.1 Å². The molecule has 4 heteroatoms. The van der Waals surface area contributed by atoms with Crippen molar-refractivity contribution in [2.75, 3.05) is 0 Å². The number of benzene rings is 1. The number of rotatable bonds is 2. The van der Waals surface area contributed by atoms with Crippen LogP contribution in [0.1, 0.15) is 5.56 Å². The van der Waals surface area contributed by atoms with Crippen LogP contribution in [0.2, 0.25) is 0 Å². The first-order chi connectivity index (χ1) is 5.61. The van der Waals surface area contributed by atoms with E-state index in [1.165, 1.54) is 12.1 Å². The van der Waals surface area contributed by atoms with Gasteiger partial charge < -0.3 is 5.73 Å². The van der Waals surface area contributed by atoms with Crippen molar-refractivity contribution in [3.8, 4) is 0 Å². The number of nitrogens with two attached hydrogens (primary N) is 1. The Bertz CT molecular complexity index is 312. The topological polar surface area (TPSA) is 43.1 Å². The lowest BCUT2D eigenvalue weighted by Gasteiger charge is -1.99. The van der Waals surface area contributed by atoms with E-state index in [1.807, 2.05) is 0 Å². The molecule has 0 aliphatic carbocycles. The van der Waals surface area contributed by atoms with E-state index in [4.69, 9.17) is 5.73 Å². The predicted molar refractivity (Wildman–Crippen MR) is 39.0 cm³/mol. The molecule has 1 rings (SSSR count). The van der Waals surface area contributed by atoms with Crippen molar-refractivity contribution in [3.63, 3.8) is 0 Å². The van der Waals surface area contributed by atoms with E-state index >= 15 is 0 Å². The molecule has 0 heterocycles. The maximum atomic E-state index is 12.7. The summed E-state index contributed by atoms with van der Waals surface area (Å²) < 4.78 is 25.2. The summed E-state index contributed by atoms with van der Waals surface area (Å²) in [5, 5.41) is 0. The number of primary amides is 1. The first kappa shape index (κ1) is 8.64. The van der Waals surface area contributed by atoms with Crippen molar-refractivity contribution in [2.45, 2.75) is 0 Å². The average molecular weight is 170 g/mol. The molecule has 63 valence electrons.